The van der Waals surface area contributed by atoms with Gasteiger partial charge >= 0.3 is 0 Å². The molecule has 0 saturated heterocycles. The number of nitrogens with zero attached hydrogens (tertiary/aromatic N) is 2. The third kappa shape index (κ3) is 6.91. The van der Waals surface area contributed by atoms with Crippen LogP contribution < -0.4 is 0 Å². The number of nitrogens with one attached hydrogen (secondary N) is 2. The van der Waals surface area contributed by atoms with E-state index in [0.29, 0.717) is 5.56 Å². The molecule has 0 spiro atoms. The highest BCUT2D eigenvalue weighted by Gasteiger charge is 2.28. The van der Waals surface area contributed by atoms with Gasteiger partial charge in [0.05, 0.1) is 33.8 Å². The largest absolute Gasteiger partial charge is 0.354 e. The van der Waals surface area contributed by atoms with Crippen molar-refractivity contribution in [2.24, 2.45) is 0 Å². The van der Waals surface area contributed by atoms with Crippen molar-refractivity contribution in [3.63, 3.8) is 0 Å². The van der Waals surface area contributed by atoms with Crippen LogP contribution in [-0.2, 0) is 23.7 Å². The van der Waals surface area contributed by atoms with Gasteiger partial charge in [-0.1, -0.05) is 112 Å². The van der Waals surface area contributed by atoms with Gasteiger partial charge in [0, 0.05) is 27.7 Å². The summed E-state index contributed by atoms with van der Waals surface area (Å²) in [6, 6.07) is 19.8. The molecule has 2 N–H and O–H groups in total. The Hall–Kier alpha value is -5.29. The summed E-state index contributed by atoms with van der Waals surface area (Å²) in [6.07, 6.45) is 4.33. The SMILES string of the molecule is CCC1=C(C)c2cc3[nH]c(c(CC)c3C)c(-c3ccc(C=O)cc3)c3nc(cc4[nH]c(c(CC)c4C)c(-c4cc(C(C)(C)C)cc(C(C)(C)C)c4)c1n2)C(C)=C3CC. The Kier molecular flexibility index (Phi) is 10.7. The summed E-state index contributed by atoms with van der Waals surface area (Å²) in [6.45, 7) is 31.8. The van der Waals surface area contributed by atoms with E-state index in [1.165, 1.54) is 61.2 Å². The molecule has 5 heterocycles. The second-order valence-electron chi connectivity index (χ2n) is 18.4. The zero-order valence-electron chi connectivity index (χ0n) is 37.4. The van der Waals surface area contributed by atoms with Gasteiger partial charge in [-0.25, -0.2) is 9.97 Å². The lowest BCUT2D eigenvalue weighted by Crippen LogP contribution is -2.16. The van der Waals surface area contributed by atoms with E-state index < -0.39 is 0 Å². The lowest BCUT2D eigenvalue weighted by atomic mass is 9.78. The van der Waals surface area contributed by atoms with E-state index in [4.69, 9.17) is 9.97 Å². The molecule has 7 rings (SSSR count). The van der Waals surface area contributed by atoms with Crippen molar-refractivity contribution in [3.05, 3.63) is 116 Å². The van der Waals surface area contributed by atoms with Crippen LogP contribution in [0.3, 0.4) is 0 Å². The van der Waals surface area contributed by atoms with E-state index in [0.717, 1.165) is 93.5 Å². The molecule has 0 fully saturated rings. The Morgan fingerprint density at radius 1 is 0.552 bits per heavy atom. The average Bonchev–Trinajstić information content (AvgIpc) is 3.87. The van der Waals surface area contributed by atoms with Gasteiger partial charge in [0.25, 0.3) is 0 Å². The van der Waals surface area contributed by atoms with E-state index >= 15 is 0 Å². The first-order chi connectivity index (χ1) is 27.4. The number of rotatable bonds is 7. The van der Waals surface area contributed by atoms with Gasteiger partial charge in [0.15, 0.2) is 0 Å². The number of fused-ring (bicyclic) bond motifs is 8. The number of aromatic amines is 2. The Balaban J connectivity index is 1.77. The number of benzene rings is 2. The molecular weight excluding hydrogens is 709 g/mol. The molecule has 0 aliphatic carbocycles. The molecule has 3 aromatic heterocycles. The Bertz CT molecular complexity index is 2680. The molecule has 0 unspecified atom stereocenters. The van der Waals surface area contributed by atoms with Gasteiger partial charge in [-0.3, -0.25) is 4.79 Å². The summed E-state index contributed by atoms with van der Waals surface area (Å²) in [4.78, 5) is 31.0. The molecule has 0 radical (unpaired) electrons. The minimum absolute atomic E-state index is 0.0448. The van der Waals surface area contributed by atoms with Gasteiger partial charge in [-0.15, -0.1) is 0 Å². The van der Waals surface area contributed by atoms with Gasteiger partial charge in [0.2, 0.25) is 0 Å². The quantitative estimate of drug-likeness (QED) is 0.162. The number of aromatic nitrogens is 4. The molecule has 300 valence electrons. The standard InChI is InChI=1S/C53H62N4O/c1-15-38-29(5)42-26-44-31(7)40(17-3)50(56-44)47(35-23-36(52(9,10)11)25-37(24-35)53(12,13)14)51-41(18-4)32(8)45(57-51)27-43-30(6)39(16-2)49(55-43)46(48(38)54-42)34-21-19-33(28-58)20-22-34/h19-28,54,57H,15-18H2,1-14H3. The van der Waals surface area contributed by atoms with E-state index in [1.54, 1.807) is 0 Å². The monoisotopic (exact) mass is 770 g/mol. The minimum atomic E-state index is -0.0448. The van der Waals surface area contributed by atoms with Crippen LogP contribution in [0.15, 0.2) is 54.6 Å². The topological polar surface area (TPSA) is 74.4 Å². The van der Waals surface area contributed by atoms with Crippen molar-refractivity contribution in [3.8, 4) is 22.3 Å². The fourth-order valence-corrected chi connectivity index (χ4v) is 9.11. The van der Waals surface area contributed by atoms with Crippen LogP contribution in [0.2, 0.25) is 0 Å². The van der Waals surface area contributed by atoms with Crippen molar-refractivity contribution in [1.82, 2.24) is 19.9 Å². The normalized spacial score (nSPS) is 13.6. The molecule has 8 bridgehead atoms. The van der Waals surface area contributed by atoms with Crippen molar-refractivity contribution >= 4 is 50.6 Å². The van der Waals surface area contributed by atoms with E-state index in [2.05, 4.69) is 149 Å². The van der Waals surface area contributed by atoms with E-state index in [9.17, 15) is 4.79 Å². The predicted octanol–water partition coefficient (Wildman–Crippen LogP) is 14.5. The molecular formula is C53H62N4O. The van der Waals surface area contributed by atoms with Crippen molar-refractivity contribution in [2.75, 3.05) is 0 Å². The number of aryl methyl sites for hydroxylation is 4. The number of hydrogen-bond donors (Lipinski definition) is 2. The maximum atomic E-state index is 11.8. The highest BCUT2D eigenvalue weighted by Crippen LogP contribution is 2.45. The summed E-state index contributed by atoms with van der Waals surface area (Å²) in [7, 11) is 0. The molecule has 5 nitrogen and oxygen atoms in total. The Morgan fingerprint density at radius 3 is 1.33 bits per heavy atom. The average molecular weight is 771 g/mol. The lowest BCUT2D eigenvalue weighted by molar-refractivity contribution is 0.112. The summed E-state index contributed by atoms with van der Waals surface area (Å²) in [5, 5.41) is 0. The zero-order valence-corrected chi connectivity index (χ0v) is 37.4. The molecule has 0 atom stereocenters. The van der Waals surface area contributed by atoms with Gasteiger partial charge in [0.1, 0.15) is 6.29 Å². The Morgan fingerprint density at radius 2 is 0.966 bits per heavy atom. The maximum Gasteiger partial charge on any atom is 0.150 e. The molecule has 5 heteroatoms. The number of H-pyrrole nitrogens is 2. The fourth-order valence-electron chi connectivity index (χ4n) is 9.11. The minimum Gasteiger partial charge on any atom is -0.354 e. The first-order valence-corrected chi connectivity index (χ1v) is 21.4. The van der Waals surface area contributed by atoms with Crippen molar-refractivity contribution < 1.29 is 4.79 Å². The number of aldehydes is 1. The number of allylic oxidation sites excluding steroid dienone is 4. The number of carbonyl (C=O) groups excluding carboxylic acids is 1. The summed E-state index contributed by atoms with van der Waals surface area (Å²) in [5.41, 5.74) is 25.9. The lowest BCUT2D eigenvalue weighted by Gasteiger charge is -2.26. The molecule has 0 amide bonds. The predicted molar refractivity (Wildman–Crippen MR) is 248 cm³/mol. The van der Waals surface area contributed by atoms with Crippen LogP contribution in [0.1, 0.15) is 162 Å². The highest BCUT2D eigenvalue weighted by atomic mass is 16.1. The van der Waals surface area contributed by atoms with Crippen LogP contribution >= 0.6 is 0 Å². The third-order valence-electron chi connectivity index (χ3n) is 12.8. The van der Waals surface area contributed by atoms with Gasteiger partial charge in [-0.2, -0.15) is 0 Å². The highest BCUT2D eigenvalue weighted by molar-refractivity contribution is 6.03. The number of hydrogen-bond acceptors (Lipinski definition) is 3. The van der Waals surface area contributed by atoms with E-state index in [1.807, 2.05) is 12.1 Å². The summed E-state index contributed by atoms with van der Waals surface area (Å²) < 4.78 is 0. The molecule has 0 saturated carbocycles. The molecule has 2 aromatic carbocycles. The first kappa shape index (κ1) is 40.9. The van der Waals surface area contributed by atoms with Crippen molar-refractivity contribution in [2.45, 2.75) is 133 Å². The second kappa shape index (κ2) is 15.1. The summed E-state index contributed by atoms with van der Waals surface area (Å²) in [5.74, 6) is 0. The third-order valence-corrected chi connectivity index (χ3v) is 12.8. The van der Waals surface area contributed by atoms with Crippen LogP contribution in [0.5, 0.6) is 0 Å². The second-order valence-corrected chi connectivity index (χ2v) is 18.4. The Labute approximate surface area is 346 Å². The zero-order chi connectivity index (χ0) is 42.0. The maximum absolute atomic E-state index is 11.8. The van der Waals surface area contributed by atoms with Crippen LogP contribution in [0, 0.1) is 13.8 Å². The molecule has 2 aliphatic rings. The van der Waals surface area contributed by atoms with Crippen molar-refractivity contribution in [1.29, 1.82) is 0 Å². The smallest absolute Gasteiger partial charge is 0.150 e. The van der Waals surface area contributed by atoms with E-state index in [-0.39, 0.29) is 10.8 Å². The first-order valence-electron chi connectivity index (χ1n) is 21.4. The van der Waals surface area contributed by atoms with Gasteiger partial charge in [-0.05, 0) is 143 Å². The number of carbonyl (C=O) groups is 1. The van der Waals surface area contributed by atoms with Crippen LogP contribution in [0.25, 0.3) is 66.6 Å². The molecule has 2 aliphatic heterocycles. The van der Waals surface area contributed by atoms with Gasteiger partial charge < -0.3 is 9.97 Å². The van der Waals surface area contributed by atoms with Crippen LogP contribution in [0.4, 0.5) is 0 Å². The van der Waals surface area contributed by atoms with Crippen LogP contribution in [-0.4, -0.2) is 26.2 Å². The summed E-state index contributed by atoms with van der Waals surface area (Å²) >= 11 is 0. The fraction of sp³-hybridized carbons (Fsp3) is 0.377. The molecule has 5 aromatic rings. The molecule has 58 heavy (non-hydrogen) atoms.